The first-order valence-corrected chi connectivity index (χ1v) is 6.56. The van der Waals surface area contributed by atoms with Gasteiger partial charge < -0.3 is 15.6 Å². The number of nitrogens with zero attached hydrogens (tertiary/aromatic N) is 1. The Labute approximate surface area is 122 Å². The Balaban J connectivity index is 2.63. The van der Waals surface area contributed by atoms with Crippen molar-refractivity contribution in [2.45, 2.75) is 39.2 Å². The quantitative estimate of drug-likeness (QED) is 0.452. The van der Waals surface area contributed by atoms with Gasteiger partial charge >= 0.3 is 5.97 Å². The van der Waals surface area contributed by atoms with Crippen molar-refractivity contribution < 1.29 is 19.6 Å². The van der Waals surface area contributed by atoms with E-state index in [-0.39, 0.29) is 12.1 Å². The van der Waals surface area contributed by atoms with Gasteiger partial charge in [0.05, 0.1) is 11.5 Å². The third-order valence-electron chi connectivity index (χ3n) is 3.28. The number of carboxylic acid groups (broad SMARTS) is 1. The molecule has 1 unspecified atom stereocenters. The Morgan fingerprint density at radius 2 is 2.05 bits per heavy atom. The maximum absolute atomic E-state index is 10.9. The number of benzene rings is 1. The van der Waals surface area contributed by atoms with Crippen molar-refractivity contribution in [3.8, 4) is 5.75 Å². The molecule has 1 rings (SSSR count). The van der Waals surface area contributed by atoms with E-state index >= 15 is 0 Å². The van der Waals surface area contributed by atoms with Crippen molar-refractivity contribution in [1.29, 1.82) is 0 Å². The molecule has 21 heavy (non-hydrogen) atoms. The molecule has 0 saturated carbocycles. The van der Waals surface area contributed by atoms with Crippen LogP contribution in [0, 0.1) is 24.0 Å². The van der Waals surface area contributed by atoms with Gasteiger partial charge in [-0.3, -0.25) is 14.9 Å². The van der Waals surface area contributed by atoms with Crippen LogP contribution >= 0.6 is 0 Å². The van der Waals surface area contributed by atoms with Gasteiger partial charge in [0.15, 0.2) is 0 Å². The van der Waals surface area contributed by atoms with Gasteiger partial charge in [-0.1, -0.05) is 0 Å². The fraction of sp³-hybridized carbons (Fsp3) is 0.500. The summed E-state index contributed by atoms with van der Waals surface area (Å²) in [6.07, 6.45) is 0.766. The van der Waals surface area contributed by atoms with E-state index in [4.69, 9.17) is 15.6 Å². The molecule has 0 aliphatic heterocycles. The number of nitro groups is 1. The van der Waals surface area contributed by atoms with Crippen molar-refractivity contribution in [2.75, 3.05) is 6.61 Å². The first-order valence-electron chi connectivity index (χ1n) is 6.56. The van der Waals surface area contributed by atoms with Gasteiger partial charge in [0.25, 0.3) is 5.69 Å². The van der Waals surface area contributed by atoms with Gasteiger partial charge in [-0.25, -0.2) is 0 Å². The number of hydrogen-bond acceptors (Lipinski definition) is 5. The second kappa shape index (κ2) is 6.53. The van der Waals surface area contributed by atoms with Crippen LogP contribution in [-0.4, -0.2) is 28.1 Å². The standard InChI is InChI=1S/C14H20N2O5/c1-9-8-12(10(2)7-11(9)16(19)20)21-6-4-5-14(3,15)13(17)18/h7-8H,4-6,15H2,1-3H3,(H,17,18). The zero-order valence-electron chi connectivity index (χ0n) is 12.4. The van der Waals surface area contributed by atoms with Crippen LogP contribution in [0.4, 0.5) is 5.69 Å². The molecule has 116 valence electrons. The number of nitrogens with two attached hydrogens (primary N) is 1. The second-order valence-corrected chi connectivity index (χ2v) is 5.34. The van der Waals surface area contributed by atoms with E-state index in [0.717, 1.165) is 0 Å². The second-order valence-electron chi connectivity index (χ2n) is 5.34. The van der Waals surface area contributed by atoms with Crippen LogP contribution in [0.2, 0.25) is 0 Å². The summed E-state index contributed by atoms with van der Waals surface area (Å²) in [6.45, 7) is 5.13. The number of nitro benzene ring substituents is 1. The summed E-state index contributed by atoms with van der Waals surface area (Å²) < 4.78 is 5.56. The van der Waals surface area contributed by atoms with Crippen molar-refractivity contribution >= 4 is 11.7 Å². The molecular formula is C14H20N2O5. The van der Waals surface area contributed by atoms with Gasteiger partial charge in [0.2, 0.25) is 0 Å². The van der Waals surface area contributed by atoms with Gasteiger partial charge in [-0.2, -0.15) is 0 Å². The lowest BCUT2D eigenvalue weighted by molar-refractivity contribution is -0.385. The largest absolute Gasteiger partial charge is 0.493 e. The average molecular weight is 296 g/mol. The number of ether oxygens (including phenoxy) is 1. The van der Waals surface area contributed by atoms with Crippen LogP contribution in [0.25, 0.3) is 0 Å². The third-order valence-corrected chi connectivity index (χ3v) is 3.28. The minimum atomic E-state index is -1.27. The minimum absolute atomic E-state index is 0.0558. The number of carbonyl (C=O) groups is 1. The molecule has 0 fully saturated rings. The Kier molecular flexibility index (Phi) is 5.26. The number of aryl methyl sites for hydroxylation is 2. The van der Waals surface area contributed by atoms with Gasteiger partial charge in [-0.05, 0) is 45.2 Å². The summed E-state index contributed by atoms with van der Waals surface area (Å²) in [5, 5.41) is 19.7. The van der Waals surface area contributed by atoms with Crippen molar-refractivity contribution in [3.05, 3.63) is 33.4 Å². The van der Waals surface area contributed by atoms with E-state index in [0.29, 0.717) is 29.9 Å². The van der Waals surface area contributed by atoms with Crippen LogP contribution in [0.3, 0.4) is 0 Å². The maximum atomic E-state index is 10.9. The topological polar surface area (TPSA) is 116 Å². The fourth-order valence-electron chi connectivity index (χ4n) is 1.86. The van der Waals surface area contributed by atoms with Crippen LogP contribution in [0.1, 0.15) is 30.9 Å². The number of aliphatic carboxylic acids is 1. The zero-order valence-corrected chi connectivity index (χ0v) is 12.4. The molecule has 0 spiro atoms. The lowest BCUT2D eigenvalue weighted by atomic mass is 9.98. The normalized spacial score (nSPS) is 13.5. The Morgan fingerprint density at radius 3 is 2.57 bits per heavy atom. The monoisotopic (exact) mass is 296 g/mol. The van der Waals surface area contributed by atoms with Crippen LogP contribution in [0.15, 0.2) is 12.1 Å². The van der Waals surface area contributed by atoms with Crippen LogP contribution in [0.5, 0.6) is 5.75 Å². The van der Waals surface area contributed by atoms with Gasteiger partial charge in [0, 0.05) is 11.6 Å². The summed E-state index contributed by atoms with van der Waals surface area (Å²) in [5.41, 5.74) is 5.59. The van der Waals surface area contributed by atoms with E-state index in [1.54, 1.807) is 19.9 Å². The molecule has 7 heteroatoms. The molecule has 1 aromatic carbocycles. The highest BCUT2D eigenvalue weighted by Gasteiger charge is 2.27. The smallest absolute Gasteiger partial charge is 0.323 e. The predicted molar refractivity (Wildman–Crippen MR) is 77.5 cm³/mol. The molecule has 0 amide bonds. The lowest BCUT2D eigenvalue weighted by Gasteiger charge is -2.19. The van der Waals surface area contributed by atoms with Crippen molar-refractivity contribution in [2.24, 2.45) is 5.73 Å². The van der Waals surface area contributed by atoms with Gasteiger partial charge in [-0.15, -0.1) is 0 Å². The molecule has 0 aliphatic carbocycles. The molecule has 0 aromatic heterocycles. The molecule has 0 bridgehead atoms. The SMILES string of the molecule is Cc1cc([N+](=O)[O-])c(C)cc1OCCCC(C)(N)C(=O)O. The molecule has 1 atom stereocenters. The number of carboxylic acids is 1. The first-order chi connectivity index (χ1) is 9.65. The van der Waals surface area contributed by atoms with Crippen LogP contribution < -0.4 is 10.5 Å². The number of hydrogen-bond donors (Lipinski definition) is 2. The maximum Gasteiger partial charge on any atom is 0.323 e. The Morgan fingerprint density at radius 1 is 1.43 bits per heavy atom. The molecule has 0 saturated heterocycles. The van der Waals surface area contributed by atoms with Crippen molar-refractivity contribution in [1.82, 2.24) is 0 Å². The van der Waals surface area contributed by atoms with Crippen molar-refractivity contribution in [3.63, 3.8) is 0 Å². The number of rotatable bonds is 7. The molecule has 3 N–H and O–H groups in total. The summed E-state index contributed by atoms with van der Waals surface area (Å²) >= 11 is 0. The van der Waals surface area contributed by atoms with E-state index in [1.807, 2.05) is 0 Å². The predicted octanol–water partition coefficient (Wildman–Crippen LogP) is 2.17. The molecule has 7 nitrogen and oxygen atoms in total. The fourth-order valence-corrected chi connectivity index (χ4v) is 1.86. The molecule has 0 heterocycles. The first kappa shape index (κ1) is 16.9. The highest BCUT2D eigenvalue weighted by atomic mass is 16.6. The van der Waals surface area contributed by atoms with E-state index in [9.17, 15) is 14.9 Å². The summed E-state index contributed by atoms with van der Waals surface area (Å²) in [5.74, 6) is -0.489. The lowest BCUT2D eigenvalue weighted by Crippen LogP contribution is -2.44. The summed E-state index contributed by atoms with van der Waals surface area (Å²) in [7, 11) is 0. The summed E-state index contributed by atoms with van der Waals surface area (Å²) in [6, 6.07) is 3.08. The molecule has 0 radical (unpaired) electrons. The molecular weight excluding hydrogens is 276 g/mol. The minimum Gasteiger partial charge on any atom is -0.493 e. The highest BCUT2D eigenvalue weighted by Crippen LogP contribution is 2.27. The van der Waals surface area contributed by atoms with E-state index in [1.165, 1.54) is 13.0 Å². The summed E-state index contributed by atoms with van der Waals surface area (Å²) in [4.78, 5) is 21.2. The Hall–Kier alpha value is -2.15. The third kappa shape index (κ3) is 4.42. The van der Waals surface area contributed by atoms with E-state index < -0.39 is 16.4 Å². The zero-order chi connectivity index (χ0) is 16.2. The van der Waals surface area contributed by atoms with E-state index in [2.05, 4.69) is 0 Å². The average Bonchev–Trinajstić information content (AvgIpc) is 2.37. The van der Waals surface area contributed by atoms with Gasteiger partial charge in [0.1, 0.15) is 11.3 Å². The highest BCUT2D eigenvalue weighted by molar-refractivity contribution is 5.77. The molecule has 1 aromatic rings. The van der Waals surface area contributed by atoms with Crippen LogP contribution in [-0.2, 0) is 4.79 Å². The Bertz CT molecular complexity index is 555. The molecule has 0 aliphatic rings.